The first-order valence-corrected chi connectivity index (χ1v) is 6.48. The van der Waals surface area contributed by atoms with E-state index in [1.807, 2.05) is 39.0 Å². The molecule has 0 aromatic heterocycles. The average molecular weight is 267 g/mol. The Morgan fingerprint density at radius 3 is 2.42 bits per heavy atom. The SMILES string of the molecule is COc1ccc(CNCC(O)C(C)(C)C)c(OC)c1. The quantitative estimate of drug-likeness (QED) is 0.829. The molecule has 1 unspecified atom stereocenters. The molecule has 108 valence electrons. The molecule has 0 aliphatic carbocycles. The van der Waals surface area contributed by atoms with Crippen molar-refractivity contribution in [2.75, 3.05) is 20.8 Å². The third kappa shape index (κ3) is 4.73. The summed E-state index contributed by atoms with van der Waals surface area (Å²) in [6.45, 7) is 7.27. The summed E-state index contributed by atoms with van der Waals surface area (Å²) in [7, 11) is 3.27. The fourth-order valence-electron chi connectivity index (χ4n) is 1.65. The van der Waals surface area contributed by atoms with Crippen molar-refractivity contribution in [3.05, 3.63) is 23.8 Å². The van der Waals surface area contributed by atoms with Crippen LogP contribution in [0.5, 0.6) is 11.5 Å². The van der Waals surface area contributed by atoms with E-state index >= 15 is 0 Å². The van der Waals surface area contributed by atoms with Crippen LogP contribution in [0.25, 0.3) is 0 Å². The first kappa shape index (κ1) is 15.8. The van der Waals surface area contributed by atoms with Gasteiger partial charge < -0.3 is 19.9 Å². The minimum Gasteiger partial charge on any atom is -0.497 e. The Labute approximate surface area is 115 Å². The van der Waals surface area contributed by atoms with Gasteiger partial charge in [-0.2, -0.15) is 0 Å². The highest BCUT2D eigenvalue weighted by Gasteiger charge is 2.21. The fourth-order valence-corrected chi connectivity index (χ4v) is 1.65. The van der Waals surface area contributed by atoms with E-state index in [4.69, 9.17) is 9.47 Å². The lowest BCUT2D eigenvalue weighted by atomic mass is 9.89. The van der Waals surface area contributed by atoms with Crippen LogP contribution in [-0.2, 0) is 6.54 Å². The molecule has 0 radical (unpaired) electrons. The van der Waals surface area contributed by atoms with Crippen LogP contribution in [0.3, 0.4) is 0 Å². The van der Waals surface area contributed by atoms with Crippen molar-refractivity contribution in [3.8, 4) is 11.5 Å². The molecule has 0 aliphatic rings. The van der Waals surface area contributed by atoms with Crippen LogP contribution in [0, 0.1) is 5.41 Å². The van der Waals surface area contributed by atoms with Crippen molar-refractivity contribution in [1.82, 2.24) is 5.32 Å². The summed E-state index contributed by atoms with van der Waals surface area (Å²) in [5.74, 6) is 1.56. The molecular weight excluding hydrogens is 242 g/mol. The molecule has 1 aromatic rings. The zero-order valence-electron chi connectivity index (χ0n) is 12.5. The molecule has 1 atom stereocenters. The van der Waals surface area contributed by atoms with Crippen molar-refractivity contribution in [1.29, 1.82) is 0 Å². The number of hydrogen-bond donors (Lipinski definition) is 2. The molecule has 0 aliphatic heterocycles. The van der Waals surface area contributed by atoms with E-state index in [1.165, 1.54) is 0 Å². The predicted molar refractivity (Wildman–Crippen MR) is 76.7 cm³/mol. The van der Waals surface area contributed by atoms with Crippen molar-refractivity contribution in [3.63, 3.8) is 0 Å². The Morgan fingerprint density at radius 2 is 1.89 bits per heavy atom. The van der Waals surface area contributed by atoms with Crippen LogP contribution in [-0.4, -0.2) is 32.0 Å². The Morgan fingerprint density at radius 1 is 1.21 bits per heavy atom. The van der Waals surface area contributed by atoms with Gasteiger partial charge in [0.2, 0.25) is 0 Å². The van der Waals surface area contributed by atoms with E-state index in [0.29, 0.717) is 13.1 Å². The molecule has 0 heterocycles. The Bertz CT molecular complexity index is 399. The maximum absolute atomic E-state index is 9.96. The second-order valence-electron chi connectivity index (χ2n) is 5.69. The molecule has 0 amide bonds. The summed E-state index contributed by atoms with van der Waals surface area (Å²) in [5, 5.41) is 13.2. The van der Waals surface area contributed by atoms with Crippen LogP contribution in [0.2, 0.25) is 0 Å². The molecule has 0 saturated heterocycles. The normalized spacial score (nSPS) is 13.2. The van der Waals surface area contributed by atoms with Gasteiger partial charge in [0.25, 0.3) is 0 Å². The van der Waals surface area contributed by atoms with Gasteiger partial charge in [-0.15, -0.1) is 0 Å². The molecule has 0 saturated carbocycles. The molecule has 1 aromatic carbocycles. The van der Waals surface area contributed by atoms with Gasteiger partial charge in [-0.3, -0.25) is 0 Å². The van der Waals surface area contributed by atoms with E-state index in [2.05, 4.69) is 5.32 Å². The largest absolute Gasteiger partial charge is 0.497 e. The van der Waals surface area contributed by atoms with Crippen LogP contribution < -0.4 is 14.8 Å². The number of methoxy groups -OCH3 is 2. The van der Waals surface area contributed by atoms with Gasteiger partial charge in [0, 0.05) is 24.7 Å². The number of rotatable bonds is 6. The molecule has 1 rings (SSSR count). The highest BCUT2D eigenvalue weighted by molar-refractivity contribution is 5.40. The lowest BCUT2D eigenvalue weighted by Crippen LogP contribution is -2.36. The molecular formula is C15H25NO3. The summed E-state index contributed by atoms with van der Waals surface area (Å²) < 4.78 is 10.5. The first-order valence-electron chi connectivity index (χ1n) is 6.48. The number of ether oxygens (including phenoxy) is 2. The zero-order chi connectivity index (χ0) is 14.5. The molecule has 0 spiro atoms. The van der Waals surface area contributed by atoms with Crippen LogP contribution in [0.15, 0.2) is 18.2 Å². The predicted octanol–water partition coefficient (Wildman–Crippen LogP) is 2.20. The number of aliphatic hydroxyl groups excluding tert-OH is 1. The summed E-state index contributed by atoms with van der Waals surface area (Å²) in [6, 6.07) is 5.73. The van der Waals surface area contributed by atoms with Gasteiger partial charge >= 0.3 is 0 Å². The highest BCUT2D eigenvalue weighted by Crippen LogP contribution is 2.24. The maximum Gasteiger partial charge on any atom is 0.127 e. The van der Waals surface area contributed by atoms with Gasteiger partial charge in [-0.1, -0.05) is 26.8 Å². The minimum absolute atomic E-state index is 0.114. The van der Waals surface area contributed by atoms with Gasteiger partial charge in [-0.25, -0.2) is 0 Å². The van der Waals surface area contributed by atoms with Gasteiger partial charge in [0.1, 0.15) is 11.5 Å². The first-order chi connectivity index (χ1) is 8.88. The van der Waals surface area contributed by atoms with Gasteiger partial charge in [-0.05, 0) is 11.5 Å². The van der Waals surface area contributed by atoms with Gasteiger partial charge in [0.15, 0.2) is 0 Å². The van der Waals surface area contributed by atoms with Crippen molar-refractivity contribution in [2.45, 2.75) is 33.4 Å². The highest BCUT2D eigenvalue weighted by atomic mass is 16.5. The number of hydrogen-bond acceptors (Lipinski definition) is 4. The second-order valence-corrected chi connectivity index (χ2v) is 5.69. The minimum atomic E-state index is -0.378. The Hall–Kier alpha value is -1.26. The number of nitrogens with one attached hydrogen (secondary N) is 1. The Kier molecular flexibility index (Phi) is 5.63. The Balaban J connectivity index is 2.58. The van der Waals surface area contributed by atoms with Crippen LogP contribution in [0.4, 0.5) is 0 Å². The molecule has 4 nitrogen and oxygen atoms in total. The molecule has 19 heavy (non-hydrogen) atoms. The summed E-state index contributed by atoms with van der Waals surface area (Å²) in [4.78, 5) is 0. The number of benzene rings is 1. The monoisotopic (exact) mass is 267 g/mol. The van der Waals surface area contributed by atoms with E-state index < -0.39 is 0 Å². The molecule has 4 heteroatoms. The molecule has 0 bridgehead atoms. The summed E-state index contributed by atoms with van der Waals surface area (Å²) in [5.41, 5.74) is 0.932. The van der Waals surface area contributed by atoms with Crippen LogP contribution in [0.1, 0.15) is 26.3 Å². The average Bonchev–Trinajstić information content (AvgIpc) is 2.37. The third-order valence-electron chi connectivity index (χ3n) is 3.15. The van der Waals surface area contributed by atoms with E-state index in [9.17, 15) is 5.11 Å². The van der Waals surface area contributed by atoms with E-state index in [-0.39, 0.29) is 11.5 Å². The summed E-state index contributed by atoms with van der Waals surface area (Å²) in [6.07, 6.45) is -0.378. The third-order valence-corrected chi connectivity index (χ3v) is 3.15. The van der Waals surface area contributed by atoms with Crippen molar-refractivity contribution >= 4 is 0 Å². The smallest absolute Gasteiger partial charge is 0.127 e. The zero-order valence-corrected chi connectivity index (χ0v) is 12.5. The van der Waals surface area contributed by atoms with E-state index in [1.54, 1.807) is 14.2 Å². The molecule has 0 fully saturated rings. The maximum atomic E-state index is 9.96. The standard InChI is InChI=1S/C15H25NO3/c1-15(2,3)14(17)10-16-9-11-6-7-12(18-4)8-13(11)19-5/h6-8,14,16-17H,9-10H2,1-5H3. The van der Waals surface area contributed by atoms with Gasteiger partial charge in [0.05, 0.1) is 20.3 Å². The van der Waals surface area contributed by atoms with E-state index in [0.717, 1.165) is 17.1 Å². The molecule has 2 N–H and O–H groups in total. The topological polar surface area (TPSA) is 50.7 Å². The van der Waals surface area contributed by atoms with Crippen LogP contribution >= 0.6 is 0 Å². The van der Waals surface area contributed by atoms with Crippen molar-refractivity contribution in [2.24, 2.45) is 5.41 Å². The second kappa shape index (κ2) is 6.78. The summed E-state index contributed by atoms with van der Waals surface area (Å²) >= 11 is 0. The lowest BCUT2D eigenvalue weighted by Gasteiger charge is -2.26. The van der Waals surface area contributed by atoms with Crippen molar-refractivity contribution < 1.29 is 14.6 Å². The fraction of sp³-hybridized carbons (Fsp3) is 0.600. The lowest BCUT2D eigenvalue weighted by molar-refractivity contribution is 0.0627. The number of aliphatic hydroxyl groups is 1.